The van der Waals surface area contributed by atoms with Gasteiger partial charge in [0.2, 0.25) is 5.95 Å². The number of nitrogens with one attached hydrogen (secondary N) is 3. The Morgan fingerprint density at radius 1 is 1.15 bits per heavy atom. The number of urea groups is 1. The average molecular weight is 396 g/mol. The van der Waals surface area contributed by atoms with Crippen LogP contribution in [0.1, 0.15) is 12.1 Å². The standard InChI is InChI=1S/C17H22ClN5O4/c1-10-7-15(19-5-4-6-24)22-16(20-10)23-17(25)21-12-8-11(18)13(26-2)9-14(12)27-3/h7-9,24H,4-6H2,1-3H3,(H3,19,20,21,22,23,25). The van der Waals surface area contributed by atoms with Crippen LogP contribution in [0, 0.1) is 6.92 Å². The fraction of sp³-hybridized carbons (Fsp3) is 0.353. The van der Waals surface area contributed by atoms with Gasteiger partial charge in [0.05, 0.1) is 24.9 Å². The predicted octanol–water partition coefficient (Wildman–Crippen LogP) is 2.89. The second kappa shape index (κ2) is 9.79. The molecule has 0 bridgehead atoms. The summed E-state index contributed by atoms with van der Waals surface area (Å²) < 4.78 is 10.4. The van der Waals surface area contributed by atoms with Gasteiger partial charge in [0, 0.05) is 31.0 Å². The Morgan fingerprint density at radius 2 is 1.89 bits per heavy atom. The van der Waals surface area contributed by atoms with E-state index in [2.05, 4.69) is 25.9 Å². The highest BCUT2D eigenvalue weighted by Crippen LogP contribution is 2.35. The van der Waals surface area contributed by atoms with Crippen LogP contribution in [0.2, 0.25) is 5.02 Å². The summed E-state index contributed by atoms with van der Waals surface area (Å²) in [7, 11) is 2.96. The van der Waals surface area contributed by atoms with E-state index in [1.807, 2.05) is 0 Å². The van der Waals surface area contributed by atoms with Crippen molar-refractivity contribution in [2.45, 2.75) is 13.3 Å². The number of carbonyl (C=O) groups is 1. The number of hydrogen-bond donors (Lipinski definition) is 4. The van der Waals surface area contributed by atoms with Crippen LogP contribution in [-0.4, -0.2) is 48.5 Å². The lowest BCUT2D eigenvalue weighted by molar-refractivity contribution is 0.262. The minimum atomic E-state index is -0.554. The fourth-order valence-electron chi connectivity index (χ4n) is 2.22. The molecule has 1 aromatic heterocycles. The number of amides is 2. The van der Waals surface area contributed by atoms with Gasteiger partial charge >= 0.3 is 6.03 Å². The Kier molecular flexibility index (Phi) is 7.44. The molecule has 2 rings (SSSR count). The SMILES string of the molecule is COc1cc(OC)c(NC(=O)Nc2nc(C)cc(NCCCO)n2)cc1Cl. The van der Waals surface area contributed by atoms with Crippen molar-refractivity contribution in [3.63, 3.8) is 0 Å². The number of aromatic nitrogens is 2. The number of anilines is 3. The molecule has 2 amide bonds. The highest BCUT2D eigenvalue weighted by molar-refractivity contribution is 6.32. The van der Waals surface area contributed by atoms with Gasteiger partial charge in [0.15, 0.2) is 0 Å². The van der Waals surface area contributed by atoms with Crippen LogP contribution in [0.3, 0.4) is 0 Å². The number of aryl methyl sites for hydroxylation is 1. The van der Waals surface area contributed by atoms with Crippen LogP contribution >= 0.6 is 11.6 Å². The van der Waals surface area contributed by atoms with Gasteiger partial charge in [0.1, 0.15) is 17.3 Å². The first-order valence-electron chi connectivity index (χ1n) is 8.16. The molecule has 1 heterocycles. The number of hydrogen-bond acceptors (Lipinski definition) is 7. The minimum Gasteiger partial charge on any atom is -0.495 e. The Bertz CT molecular complexity index is 803. The van der Waals surface area contributed by atoms with Crippen molar-refractivity contribution in [2.24, 2.45) is 0 Å². The molecule has 1 aromatic carbocycles. The highest BCUT2D eigenvalue weighted by atomic mass is 35.5. The summed E-state index contributed by atoms with van der Waals surface area (Å²) >= 11 is 6.10. The first-order chi connectivity index (χ1) is 13.0. The number of carbonyl (C=O) groups excluding carboxylic acids is 1. The maximum atomic E-state index is 12.3. The summed E-state index contributed by atoms with van der Waals surface area (Å²) in [5.41, 5.74) is 1.05. The molecule has 0 saturated carbocycles. The van der Waals surface area contributed by atoms with Crippen molar-refractivity contribution < 1.29 is 19.4 Å². The van der Waals surface area contributed by atoms with Crippen molar-refractivity contribution in [3.05, 3.63) is 28.9 Å². The molecule has 0 radical (unpaired) electrons. The average Bonchev–Trinajstić information content (AvgIpc) is 2.61. The quantitative estimate of drug-likeness (QED) is 0.507. The number of benzene rings is 1. The van der Waals surface area contributed by atoms with E-state index in [9.17, 15) is 4.79 Å². The second-order valence-electron chi connectivity index (χ2n) is 5.49. The van der Waals surface area contributed by atoms with E-state index in [4.69, 9.17) is 26.2 Å². The van der Waals surface area contributed by atoms with E-state index >= 15 is 0 Å². The molecule has 0 fully saturated rings. The van der Waals surface area contributed by atoms with E-state index in [-0.39, 0.29) is 12.6 Å². The number of aliphatic hydroxyl groups is 1. The zero-order chi connectivity index (χ0) is 19.8. The molecular formula is C17H22ClN5O4. The lowest BCUT2D eigenvalue weighted by Gasteiger charge is -2.14. The van der Waals surface area contributed by atoms with Crippen LogP contribution in [0.5, 0.6) is 11.5 Å². The third-order valence-electron chi connectivity index (χ3n) is 3.44. The van der Waals surface area contributed by atoms with E-state index in [1.165, 1.54) is 20.3 Å². The normalized spacial score (nSPS) is 10.3. The molecule has 0 aliphatic rings. The third-order valence-corrected chi connectivity index (χ3v) is 3.74. The van der Waals surface area contributed by atoms with Crippen LogP contribution in [0.4, 0.5) is 22.2 Å². The molecule has 0 atom stereocenters. The number of methoxy groups -OCH3 is 2. The lowest BCUT2D eigenvalue weighted by atomic mass is 10.2. The summed E-state index contributed by atoms with van der Waals surface area (Å²) in [5.74, 6) is 1.51. The van der Waals surface area contributed by atoms with Crippen molar-refractivity contribution in [2.75, 3.05) is 43.3 Å². The van der Waals surface area contributed by atoms with Gasteiger partial charge in [-0.2, -0.15) is 4.98 Å². The minimum absolute atomic E-state index is 0.0802. The molecule has 0 aliphatic carbocycles. The monoisotopic (exact) mass is 395 g/mol. The number of aliphatic hydroxyl groups excluding tert-OH is 1. The van der Waals surface area contributed by atoms with E-state index in [0.29, 0.717) is 46.7 Å². The van der Waals surface area contributed by atoms with Crippen LogP contribution in [0.25, 0.3) is 0 Å². The first kappa shape index (κ1) is 20.5. The topological polar surface area (TPSA) is 118 Å². The predicted molar refractivity (Wildman–Crippen MR) is 104 cm³/mol. The fourth-order valence-corrected chi connectivity index (χ4v) is 2.46. The summed E-state index contributed by atoms with van der Waals surface area (Å²) in [6.45, 7) is 2.42. The van der Waals surface area contributed by atoms with Crippen LogP contribution in [-0.2, 0) is 0 Å². The van der Waals surface area contributed by atoms with Gasteiger partial charge in [0.25, 0.3) is 0 Å². The molecule has 10 heteroatoms. The largest absolute Gasteiger partial charge is 0.495 e. The maximum Gasteiger partial charge on any atom is 0.326 e. The van der Waals surface area contributed by atoms with Crippen molar-refractivity contribution in [1.29, 1.82) is 0 Å². The van der Waals surface area contributed by atoms with Gasteiger partial charge in [-0.1, -0.05) is 11.6 Å². The van der Waals surface area contributed by atoms with Gasteiger partial charge in [-0.05, 0) is 19.4 Å². The summed E-state index contributed by atoms with van der Waals surface area (Å²) in [6.07, 6.45) is 0.588. The molecular weight excluding hydrogens is 374 g/mol. The lowest BCUT2D eigenvalue weighted by Crippen LogP contribution is -2.22. The molecule has 146 valence electrons. The van der Waals surface area contributed by atoms with Crippen LogP contribution in [0.15, 0.2) is 18.2 Å². The number of rotatable bonds is 8. The Hall–Kier alpha value is -2.78. The molecule has 9 nitrogen and oxygen atoms in total. The Balaban J connectivity index is 2.10. The summed E-state index contributed by atoms with van der Waals surface area (Å²) in [5, 5.41) is 17.4. The second-order valence-corrected chi connectivity index (χ2v) is 5.90. The van der Waals surface area contributed by atoms with E-state index in [1.54, 1.807) is 19.1 Å². The molecule has 0 spiro atoms. The molecule has 2 aromatic rings. The van der Waals surface area contributed by atoms with Crippen molar-refractivity contribution >= 4 is 35.1 Å². The molecule has 4 N–H and O–H groups in total. The first-order valence-corrected chi connectivity index (χ1v) is 8.54. The smallest absolute Gasteiger partial charge is 0.326 e. The number of ether oxygens (including phenoxy) is 2. The Morgan fingerprint density at radius 3 is 2.56 bits per heavy atom. The molecule has 0 unspecified atom stereocenters. The van der Waals surface area contributed by atoms with E-state index < -0.39 is 6.03 Å². The van der Waals surface area contributed by atoms with Crippen molar-refractivity contribution in [3.8, 4) is 11.5 Å². The van der Waals surface area contributed by atoms with Crippen LogP contribution < -0.4 is 25.4 Å². The van der Waals surface area contributed by atoms with E-state index in [0.717, 1.165) is 0 Å². The van der Waals surface area contributed by atoms with Gasteiger partial charge in [-0.3, -0.25) is 5.32 Å². The third kappa shape index (κ3) is 5.87. The molecule has 0 saturated heterocycles. The zero-order valence-corrected chi connectivity index (χ0v) is 16.1. The highest BCUT2D eigenvalue weighted by Gasteiger charge is 2.13. The zero-order valence-electron chi connectivity index (χ0n) is 15.3. The molecule has 0 aliphatic heterocycles. The van der Waals surface area contributed by atoms with Gasteiger partial charge in [-0.15, -0.1) is 0 Å². The summed E-state index contributed by atoms with van der Waals surface area (Å²) in [6, 6.07) is 4.29. The maximum absolute atomic E-state index is 12.3. The number of halogens is 1. The number of nitrogens with zero attached hydrogens (tertiary/aromatic N) is 2. The van der Waals surface area contributed by atoms with Crippen molar-refractivity contribution in [1.82, 2.24) is 9.97 Å². The van der Waals surface area contributed by atoms with Gasteiger partial charge < -0.3 is 25.2 Å². The summed E-state index contributed by atoms with van der Waals surface area (Å²) in [4.78, 5) is 20.7. The molecule has 27 heavy (non-hydrogen) atoms. The van der Waals surface area contributed by atoms with Gasteiger partial charge in [-0.25, -0.2) is 9.78 Å². The Labute approximate surface area is 162 Å².